The van der Waals surface area contributed by atoms with E-state index in [0.29, 0.717) is 37.2 Å². The Morgan fingerprint density at radius 3 is 2.71 bits per heavy atom. The monoisotopic (exact) mass is 499 g/mol. The first-order valence-corrected chi connectivity index (χ1v) is 12.8. The number of Topliss-reactive ketones (excluding diaryl/α,β-unsaturated/α-hetero) is 1. The minimum atomic E-state index is -0.643. The van der Waals surface area contributed by atoms with Crippen LogP contribution < -0.4 is 0 Å². The Balaban J connectivity index is 1.57. The van der Waals surface area contributed by atoms with Crippen molar-refractivity contribution in [2.45, 2.75) is 50.9 Å². The van der Waals surface area contributed by atoms with E-state index in [0.717, 1.165) is 18.4 Å². The number of allylic oxidation sites excluding steroid dienone is 1. The van der Waals surface area contributed by atoms with Crippen molar-refractivity contribution < 1.29 is 23.5 Å². The molecule has 2 fully saturated rings. The highest BCUT2D eigenvalue weighted by molar-refractivity contribution is 8.14. The van der Waals surface area contributed by atoms with Crippen molar-refractivity contribution in [3.63, 3.8) is 0 Å². The zero-order valence-corrected chi connectivity index (χ0v) is 20.8. The van der Waals surface area contributed by atoms with Crippen molar-refractivity contribution >= 4 is 28.6 Å². The fourth-order valence-electron chi connectivity index (χ4n) is 4.45. The van der Waals surface area contributed by atoms with Gasteiger partial charge in [-0.15, -0.1) is 0 Å². The smallest absolute Gasteiger partial charge is 0.341 e. The zero-order valence-electron chi connectivity index (χ0n) is 20.0. The molecular formula is C26H30FN3O4S. The average molecular weight is 500 g/mol. The Labute approximate surface area is 208 Å². The van der Waals surface area contributed by atoms with Crippen LogP contribution in [-0.2, 0) is 20.9 Å². The molecule has 1 aromatic heterocycles. The summed E-state index contributed by atoms with van der Waals surface area (Å²) in [5, 5.41) is 4.24. The molecule has 186 valence electrons. The highest BCUT2D eigenvalue weighted by atomic mass is 32.2. The Bertz CT molecular complexity index is 1130. The maximum Gasteiger partial charge on any atom is 0.341 e. The van der Waals surface area contributed by atoms with Crippen molar-refractivity contribution in [3.05, 3.63) is 65.3 Å². The number of likely N-dealkylation sites (tertiary alicyclic amines) is 1. The van der Waals surface area contributed by atoms with Crippen LogP contribution >= 0.6 is 11.8 Å². The highest BCUT2D eigenvalue weighted by Crippen LogP contribution is 2.40. The van der Waals surface area contributed by atoms with Crippen LogP contribution in [0.3, 0.4) is 0 Å². The number of esters is 1. The van der Waals surface area contributed by atoms with Crippen LogP contribution in [0.1, 0.15) is 55.1 Å². The molecule has 0 N–H and O–H groups in total. The number of aromatic nitrogens is 2. The molecular weight excluding hydrogens is 469 g/mol. The molecule has 1 aromatic carbocycles. The number of piperidine rings is 1. The van der Waals surface area contributed by atoms with Gasteiger partial charge in [0.2, 0.25) is 0 Å². The first-order valence-electron chi connectivity index (χ1n) is 11.9. The van der Waals surface area contributed by atoms with E-state index in [1.54, 1.807) is 42.9 Å². The van der Waals surface area contributed by atoms with Gasteiger partial charge < -0.3 is 4.74 Å². The third-order valence-corrected chi connectivity index (χ3v) is 7.44. The van der Waals surface area contributed by atoms with Crippen molar-refractivity contribution in [2.24, 2.45) is 5.92 Å². The summed E-state index contributed by atoms with van der Waals surface area (Å²) in [7, 11) is 0. The molecule has 2 unspecified atom stereocenters. The minimum Gasteiger partial charge on any atom is -0.462 e. The quantitative estimate of drug-likeness (QED) is 0.378. The molecule has 2 atom stereocenters. The zero-order chi connectivity index (χ0) is 24.9. The number of benzene rings is 1. The van der Waals surface area contributed by atoms with Gasteiger partial charge in [0.1, 0.15) is 5.82 Å². The molecule has 0 bridgehead atoms. The molecule has 1 saturated carbocycles. The van der Waals surface area contributed by atoms with E-state index in [1.807, 2.05) is 11.0 Å². The van der Waals surface area contributed by atoms with Gasteiger partial charge in [0, 0.05) is 42.9 Å². The lowest BCUT2D eigenvalue weighted by atomic mass is 9.93. The third-order valence-electron chi connectivity index (χ3n) is 6.29. The van der Waals surface area contributed by atoms with Crippen LogP contribution in [-0.4, -0.2) is 56.5 Å². The standard InChI is InChI=1S/C26H30FN3O4S/c1-3-34-26(33)20-14-28-30(16-20)13-10-19-15-29(12-11-23(19)35-17(2)31)24(25(32)18-8-9-18)21-6-4-5-7-22(21)27/h4-7,10,14,16,18,23-24H,3,8-9,11-13,15H2,1-2H3. The molecule has 7 nitrogen and oxygen atoms in total. The number of hydrogen-bond acceptors (Lipinski definition) is 7. The second-order valence-corrected chi connectivity index (χ2v) is 10.3. The van der Waals surface area contributed by atoms with Crippen LogP contribution in [0.2, 0.25) is 0 Å². The van der Waals surface area contributed by atoms with Crippen molar-refractivity contribution in [3.8, 4) is 0 Å². The number of hydrogen-bond donors (Lipinski definition) is 0. The summed E-state index contributed by atoms with van der Waals surface area (Å²) in [5.41, 5.74) is 1.78. The molecule has 0 amide bonds. The van der Waals surface area contributed by atoms with Gasteiger partial charge >= 0.3 is 5.97 Å². The Morgan fingerprint density at radius 1 is 1.26 bits per heavy atom. The summed E-state index contributed by atoms with van der Waals surface area (Å²) >= 11 is 1.28. The van der Waals surface area contributed by atoms with Gasteiger partial charge in [-0.2, -0.15) is 5.10 Å². The topological polar surface area (TPSA) is 81.5 Å². The van der Waals surface area contributed by atoms with Crippen molar-refractivity contribution in [1.82, 2.24) is 14.7 Å². The number of carbonyl (C=O) groups excluding carboxylic acids is 3. The maximum atomic E-state index is 14.8. The molecule has 4 rings (SSSR count). The molecule has 2 aliphatic rings. The molecule has 35 heavy (non-hydrogen) atoms. The third kappa shape index (κ3) is 6.27. The lowest BCUT2D eigenvalue weighted by Gasteiger charge is -2.38. The summed E-state index contributed by atoms with van der Waals surface area (Å²) < 4.78 is 21.4. The molecule has 0 spiro atoms. The predicted octanol–water partition coefficient (Wildman–Crippen LogP) is 4.20. The normalized spacial score (nSPS) is 20.5. The summed E-state index contributed by atoms with van der Waals surface area (Å²) in [4.78, 5) is 39.2. The van der Waals surface area contributed by atoms with Gasteiger partial charge in [0.25, 0.3) is 0 Å². The average Bonchev–Trinajstić information content (AvgIpc) is 3.57. The van der Waals surface area contributed by atoms with E-state index in [2.05, 4.69) is 5.10 Å². The Morgan fingerprint density at radius 2 is 2.03 bits per heavy atom. The second kappa shape index (κ2) is 11.3. The molecule has 9 heteroatoms. The molecule has 1 saturated heterocycles. The van der Waals surface area contributed by atoms with Crippen LogP contribution in [0, 0.1) is 11.7 Å². The van der Waals surface area contributed by atoms with Crippen molar-refractivity contribution in [1.29, 1.82) is 0 Å². The fourth-order valence-corrected chi connectivity index (χ4v) is 5.39. The highest BCUT2D eigenvalue weighted by Gasteiger charge is 2.41. The Hall–Kier alpha value is -2.78. The molecule has 2 aromatic rings. The number of rotatable bonds is 9. The first kappa shape index (κ1) is 25.3. The molecule has 1 aliphatic heterocycles. The van der Waals surface area contributed by atoms with Gasteiger partial charge in [0.15, 0.2) is 10.9 Å². The number of carbonyl (C=O) groups is 3. The molecule has 0 radical (unpaired) electrons. The summed E-state index contributed by atoms with van der Waals surface area (Å²) in [6.07, 6.45) is 7.47. The van der Waals surface area contributed by atoms with E-state index in [4.69, 9.17) is 4.74 Å². The summed E-state index contributed by atoms with van der Waals surface area (Å²) in [6, 6.07) is 5.85. The molecule has 1 aliphatic carbocycles. The first-order chi connectivity index (χ1) is 16.9. The van der Waals surface area contributed by atoms with E-state index in [1.165, 1.54) is 24.0 Å². The van der Waals surface area contributed by atoms with Gasteiger partial charge in [0.05, 0.1) is 31.0 Å². The van der Waals surface area contributed by atoms with E-state index < -0.39 is 12.0 Å². The maximum absolute atomic E-state index is 14.8. The van der Waals surface area contributed by atoms with E-state index >= 15 is 0 Å². The number of ketones is 1. The number of ether oxygens (including phenoxy) is 1. The second-order valence-electron chi connectivity index (χ2n) is 8.91. The van der Waals surface area contributed by atoms with Gasteiger partial charge in [-0.25, -0.2) is 9.18 Å². The van der Waals surface area contributed by atoms with E-state index in [-0.39, 0.29) is 34.5 Å². The summed E-state index contributed by atoms with van der Waals surface area (Å²) in [5.74, 6) is -0.744. The van der Waals surface area contributed by atoms with Gasteiger partial charge in [-0.3, -0.25) is 19.2 Å². The van der Waals surface area contributed by atoms with Gasteiger partial charge in [-0.05, 0) is 37.8 Å². The predicted molar refractivity (Wildman–Crippen MR) is 131 cm³/mol. The SMILES string of the molecule is CCOC(=O)c1cnn(CC=C2CN(C(C(=O)C3CC3)c3ccccc3F)CCC2SC(C)=O)c1. The van der Waals surface area contributed by atoms with Crippen LogP contribution in [0.5, 0.6) is 0 Å². The number of halogens is 1. The molecule has 2 heterocycles. The van der Waals surface area contributed by atoms with Crippen molar-refractivity contribution in [2.75, 3.05) is 19.7 Å². The Kier molecular flexibility index (Phi) is 8.18. The largest absolute Gasteiger partial charge is 0.462 e. The van der Waals surface area contributed by atoms with Crippen LogP contribution in [0.15, 0.2) is 48.3 Å². The lowest BCUT2D eigenvalue weighted by molar-refractivity contribution is -0.126. The fraction of sp³-hybridized carbons (Fsp3) is 0.462. The number of thioether (sulfide) groups is 1. The van der Waals surface area contributed by atoms with E-state index in [9.17, 15) is 18.8 Å². The van der Waals surface area contributed by atoms with Gasteiger partial charge in [-0.1, -0.05) is 36.0 Å². The van der Waals surface area contributed by atoms with Crippen LogP contribution in [0.25, 0.3) is 0 Å². The summed E-state index contributed by atoms with van der Waals surface area (Å²) in [6.45, 7) is 5.03. The lowest BCUT2D eigenvalue weighted by Crippen LogP contribution is -2.43. The number of nitrogens with zero attached hydrogens (tertiary/aromatic N) is 3. The minimum absolute atomic E-state index is 0.0123. The van der Waals surface area contributed by atoms with Crippen LogP contribution in [0.4, 0.5) is 4.39 Å².